The molecule has 0 aliphatic rings. The number of hydrogen-bond donors (Lipinski definition) is 0. The number of thiazole rings is 1. The molecule has 1 heterocycles. The molecule has 4 rings (SSSR count). The lowest BCUT2D eigenvalue weighted by Crippen LogP contribution is -1.92. The second-order valence-corrected chi connectivity index (χ2v) is 6.72. The van der Waals surface area contributed by atoms with Gasteiger partial charge in [-0.05, 0) is 16.7 Å². The lowest BCUT2D eigenvalue weighted by molar-refractivity contribution is 0.504. The van der Waals surface area contributed by atoms with Gasteiger partial charge in [0, 0.05) is 12.5 Å². The first-order chi connectivity index (χ1) is 12.1. The van der Waals surface area contributed by atoms with Gasteiger partial charge in [-0.3, -0.25) is 0 Å². The number of rotatable bonds is 3. The van der Waals surface area contributed by atoms with Crippen LogP contribution in [-0.2, 0) is 6.42 Å². The number of aromatic nitrogens is 1. The molecule has 3 aromatic carbocycles. The van der Waals surface area contributed by atoms with Gasteiger partial charge in [0.2, 0.25) is 0 Å². The van der Waals surface area contributed by atoms with E-state index < -0.39 is 17.5 Å². The smallest absolute Gasteiger partial charge is 0.186 e. The van der Waals surface area contributed by atoms with Crippen LogP contribution in [0.3, 0.4) is 0 Å². The number of fused-ring (bicyclic) bond motifs is 1. The Morgan fingerprint density at radius 3 is 2.36 bits per heavy atom. The molecule has 0 saturated carbocycles. The molecule has 0 fully saturated rings. The molecule has 0 bridgehead atoms. The van der Waals surface area contributed by atoms with E-state index in [9.17, 15) is 13.2 Å². The number of hydrogen-bond acceptors (Lipinski definition) is 2. The fraction of sp³-hybridized carbons (Fsp3) is 0.0500. The van der Waals surface area contributed by atoms with Crippen LogP contribution in [0, 0.1) is 17.5 Å². The van der Waals surface area contributed by atoms with Gasteiger partial charge in [0.25, 0.3) is 0 Å². The summed E-state index contributed by atoms with van der Waals surface area (Å²) in [7, 11) is 0. The maximum Gasteiger partial charge on any atom is 0.186 e. The standard InChI is InChI=1S/C20H12F3NS/c21-15-11-16(22)20-19(18(15)23)24-17(25-20)10-13-8-4-5-9-14(13)12-6-2-1-3-7-12/h1-9,11H,10H2. The maximum absolute atomic E-state index is 13.9. The summed E-state index contributed by atoms with van der Waals surface area (Å²) in [6, 6.07) is 18.2. The Morgan fingerprint density at radius 2 is 1.56 bits per heavy atom. The fourth-order valence-corrected chi connectivity index (χ4v) is 3.83. The Hall–Kier alpha value is -2.66. The molecule has 5 heteroatoms. The van der Waals surface area contributed by atoms with Gasteiger partial charge in [-0.1, -0.05) is 54.6 Å². The molecule has 124 valence electrons. The van der Waals surface area contributed by atoms with E-state index in [1.807, 2.05) is 54.6 Å². The third-order valence-electron chi connectivity index (χ3n) is 4.00. The van der Waals surface area contributed by atoms with Gasteiger partial charge in [0.1, 0.15) is 11.3 Å². The average molecular weight is 355 g/mol. The van der Waals surface area contributed by atoms with Gasteiger partial charge >= 0.3 is 0 Å². The summed E-state index contributed by atoms with van der Waals surface area (Å²) in [5, 5.41) is 0.543. The van der Waals surface area contributed by atoms with E-state index in [-0.39, 0.29) is 10.2 Å². The minimum Gasteiger partial charge on any atom is -0.238 e. The first-order valence-corrected chi connectivity index (χ1v) is 8.51. The van der Waals surface area contributed by atoms with Crippen molar-refractivity contribution in [1.82, 2.24) is 4.98 Å². The molecule has 0 N–H and O–H groups in total. The lowest BCUT2D eigenvalue weighted by Gasteiger charge is -2.08. The van der Waals surface area contributed by atoms with Gasteiger partial charge in [-0.2, -0.15) is 0 Å². The molecule has 4 aromatic rings. The molecule has 1 nitrogen and oxygen atoms in total. The average Bonchev–Trinajstić information content (AvgIpc) is 3.06. The minimum absolute atomic E-state index is 0.0473. The van der Waals surface area contributed by atoms with E-state index >= 15 is 0 Å². The van der Waals surface area contributed by atoms with Gasteiger partial charge in [0.15, 0.2) is 11.6 Å². The largest absolute Gasteiger partial charge is 0.238 e. The summed E-state index contributed by atoms with van der Waals surface area (Å²) >= 11 is 1.05. The fourth-order valence-electron chi connectivity index (χ4n) is 2.84. The van der Waals surface area contributed by atoms with Crippen LogP contribution in [0.25, 0.3) is 21.3 Å². The highest BCUT2D eigenvalue weighted by Gasteiger charge is 2.18. The van der Waals surface area contributed by atoms with E-state index in [2.05, 4.69) is 4.98 Å². The molecule has 0 aliphatic heterocycles. The van der Waals surface area contributed by atoms with Gasteiger partial charge in [-0.15, -0.1) is 11.3 Å². The van der Waals surface area contributed by atoms with E-state index in [1.165, 1.54) is 0 Å². The zero-order chi connectivity index (χ0) is 17.4. The van der Waals surface area contributed by atoms with Crippen LogP contribution < -0.4 is 0 Å². The molecule has 0 saturated heterocycles. The molecular formula is C20H12F3NS. The molecule has 0 unspecified atom stereocenters. The maximum atomic E-state index is 13.9. The summed E-state index contributed by atoms with van der Waals surface area (Å²) in [6.07, 6.45) is 0.422. The van der Waals surface area contributed by atoms with Crippen LogP contribution in [0.2, 0.25) is 0 Å². The minimum atomic E-state index is -1.22. The first kappa shape index (κ1) is 15.8. The number of nitrogens with zero attached hydrogens (tertiary/aromatic N) is 1. The van der Waals surface area contributed by atoms with Crippen molar-refractivity contribution in [1.29, 1.82) is 0 Å². The highest BCUT2D eigenvalue weighted by Crippen LogP contribution is 2.32. The SMILES string of the molecule is Fc1cc(F)c2sc(Cc3ccccc3-c3ccccc3)nc2c1F. The van der Waals surface area contributed by atoms with E-state index in [0.29, 0.717) is 17.5 Å². The second-order valence-electron chi connectivity index (χ2n) is 5.64. The van der Waals surface area contributed by atoms with Crippen molar-refractivity contribution in [3.05, 3.63) is 88.7 Å². The Labute approximate surface area is 146 Å². The van der Waals surface area contributed by atoms with Gasteiger partial charge in [-0.25, -0.2) is 18.2 Å². The monoisotopic (exact) mass is 355 g/mol. The first-order valence-electron chi connectivity index (χ1n) is 7.69. The predicted octanol–water partition coefficient (Wildman–Crippen LogP) is 5.97. The molecule has 1 aromatic heterocycles. The van der Waals surface area contributed by atoms with Crippen LogP contribution in [0.4, 0.5) is 13.2 Å². The Kier molecular flexibility index (Phi) is 4.01. The summed E-state index contributed by atoms with van der Waals surface area (Å²) in [4.78, 5) is 4.13. The lowest BCUT2D eigenvalue weighted by atomic mass is 9.98. The van der Waals surface area contributed by atoms with Crippen LogP contribution in [-0.4, -0.2) is 4.98 Å². The van der Waals surface area contributed by atoms with Crippen molar-refractivity contribution < 1.29 is 13.2 Å². The van der Waals surface area contributed by atoms with Crippen molar-refractivity contribution in [2.75, 3.05) is 0 Å². The van der Waals surface area contributed by atoms with Crippen molar-refractivity contribution in [3.63, 3.8) is 0 Å². The van der Waals surface area contributed by atoms with Crippen LogP contribution >= 0.6 is 11.3 Å². The van der Waals surface area contributed by atoms with E-state index in [1.54, 1.807) is 0 Å². The topological polar surface area (TPSA) is 12.9 Å². The molecule has 0 aliphatic carbocycles. The third kappa shape index (κ3) is 2.91. The van der Waals surface area contributed by atoms with Crippen LogP contribution in [0.15, 0.2) is 60.7 Å². The Balaban J connectivity index is 1.78. The van der Waals surface area contributed by atoms with E-state index in [4.69, 9.17) is 0 Å². The molecule has 0 atom stereocenters. The second kappa shape index (κ2) is 6.33. The molecule has 0 amide bonds. The third-order valence-corrected chi connectivity index (χ3v) is 5.07. The summed E-state index contributed by atoms with van der Waals surface area (Å²) in [5.74, 6) is -3.10. The zero-order valence-electron chi connectivity index (χ0n) is 13.0. The zero-order valence-corrected chi connectivity index (χ0v) is 13.8. The van der Waals surface area contributed by atoms with Crippen molar-refractivity contribution >= 4 is 21.6 Å². The number of benzene rings is 3. The Morgan fingerprint density at radius 1 is 0.840 bits per heavy atom. The molecule has 0 radical (unpaired) electrons. The quantitative estimate of drug-likeness (QED) is 0.413. The van der Waals surface area contributed by atoms with Crippen LogP contribution in [0.1, 0.15) is 10.6 Å². The predicted molar refractivity (Wildman–Crippen MR) is 94.2 cm³/mol. The normalized spacial score (nSPS) is 11.2. The molecule has 25 heavy (non-hydrogen) atoms. The van der Waals surface area contributed by atoms with Crippen molar-refractivity contribution in [3.8, 4) is 11.1 Å². The molecule has 0 spiro atoms. The summed E-state index contributed by atoms with van der Waals surface area (Å²) < 4.78 is 41.2. The number of halogens is 3. The highest BCUT2D eigenvalue weighted by molar-refractivity contribution is 7.18. The van der Waals surface area contributed by atoms with Crippen molar-refractivity contribution in [2.24, 2.45) is 0 Å². The Bertz CT molecular complexity index is 1060. The summed E-state index contributed by atoms with van der Waals surface area (Å²) in [5.41, 5.74) is 2.85. The van der Waals surface area contributed by atoms with Crippen LogP contribution in [0.5, 0.6) is 0 Å². The van der Waals surface area contributed by atoms with E-state index in [0.717, 1.165) is 28.0 Å². The summed E-state index contributed by atoms with van der Waals surface area (Å²) in [6.45, 7) is 0. The van der Waals surface area contributed by atoms with Gasteiger partial charge < -0.3 is 0 Å². The van der Waals surface area contributed by atoms with Gasteiger partial charge in [0.05, 0.1) is 9.71 Å². The molecular weight excluding hydrogens is 343 g/mol. The highest BCUT2D eigenvalue weighted by atomic mass is 32.1. The van der Waals surface area contributed by atoms with Crippen molar-refractivity contribution in [2.45, 2.75) is 6.42 Å².